The summed E-state index contributed by atoms with van der Waals surface area (Å²) in [6.07, 6.45) is 3.61. The smallest absolute Gasteiger partial charge is 0.252 e. The van der Waals surface area contributed by atoms with E-state index in [-0.39, 0.29) is 6.04 Å². The summed E-state index contributed by atoms with van der Waals surface area (Å²) in [7, 11) is 0. The molecule has 0 radical (unpaired) electrons. The summed E-state index contributed by atoms with van der Waals surface area (Å²) in [6.45, 7) is 4.43. The first kappa shape index (κ1) is 13.4. The number of rotatable bonds is 6. The number of anilines is 1. The molecule has 1 atom stereocenters. The van der Waals surface area contributed by atoms with Gasteiger partial charge in [0.25, 0.3) is 5.91 Å². The second kappa shape index (κ2) is 6.20. The minimum atomic E-state index is -0.467. The van der Waals surface area contributed by atoms with Gasteiger partial charge in [0.2, 0.25) is 0 Å². The normalized spacial score (nSPS) is 12.2. The van der Waals surface area contributed by atoms with Gasteiger partial charge < -0.3 is 16.8 Å². The van der Waals surface area contributed by atoms with Crippen LogP contribution in [0.15, 0.2) is 12.3 Å². The third kappa shape index (κ3) is 3.42. The van der Waals surface area contributed by atoms with Crippen molar-refractivity contribution in [3.8, 4) is 0 Å². The zero-order chi connectivity index (χ0) is 12.8. The van der Waals surface area contributed by atoms with Crippen molar-refractivity contribution in [2.75, 3.05) is 11.9 Å². The molecule has 1 aromatic heterocycles. The highest BCUT2D eigenvalue weighted by atomic mass is 16.1. The SMILES string of the molecule is CCCC(CN)Nc1nccc(C)c1C(N)=O. The monoisotopic (exact) mass is 236 g/mol. The van der Waals surface area contributed by atoms with Crippen LogP contribution in [0.3, 0.4) is 0 Å². The third-order valence-corrected chi connectivity index (χ3v) is 2.67. The Labute approximate surface area is 102 Å². The van der Waals surface area contributed by atoms with E-state index in [4.69, 9.17) is 11.5 Å². The molecule has 0 aliphatic carbocycles. The molecule has 0 aromatic carbocycles. The average molecular weight is 236 g/mol. The summed E-state index contributed by atoms with van der Waals surface area (Å²) in [4.78, 5) is 15.5. The van der Waals surface area contributed by atoms with Crippen LogP contribution in [-0.4, -0.2) is 23.5 Å². The molecule has 0 aliphatic rings. The number of primary amides is 1. The molecular weight excluding hydrogens is 216 g/mol. The number of nitrogens with two attached hydrogens (primary N) is 2. The lowest BCUT2D eigenvalue weighted by Gasteiger charge is -2.18. The second-order valence-electron chi connectivity index (χ2n) is 4.08. The van der Waals surface area contributed by atoms with Gasteiger partial charge in [-0.15, -0.1) is 0 Å². The highest BCUT2D eigenvalue weighted by Gasteiger charge is 2.15. The van der Waals surface area contributed by atoms with E-state index >= 15 is 0 Å². The van der Waals surface area contributed by atoms with Crippen LogP contribution in [0, 0.1) is 6.92 Å². The lowest BCUT2D eigenvalue weighted by atomic mass is 10.1. The quantitative estimate of drug-likeness (QED) is 0.687. The number of carbonyl (C=O) groups is 1. The molecule has 1 heterocycles. The maximum absolute atomic E-state index is 11.4. The molecule has 0 spiro atoms. The topological polar surface area (TPSA) is 94.0 Å². The van der Waals surface area contributed by atoms with E-state index in [0.717, 1.165) is 18.4 Å². The Morgan fingerprint density at radius 1 is 1.59 bits per heavy atom. The van der Waals surface area contributed by atoms with Crippen molar-refractivity contribution in [3.63, 3.8) is 0 Å². The number of pyridine rings is 1. The predicted octanol–water partition coefficient (Wildman–Crippen LogP) is 1.03. The largest absolute Gasteiger partial charge is 0.365 e. The van der Waals surface area contributed by atoms with Crippen LogP contribution < -0.4 is 16.8 Å². The van der Waals surface area contributed by atoms with Gasteiger partial charge in [-0.25, -0.2) is 4.98 Å². The number of nitrogens with one attached hydrogen (secondary N) is 1. The molecule has 0 saturated heterocycles. The maximum Gasteiger partial charge on any atom is 0.252 e. The fourth-order valence-electron chi connectivity index (χ4n) is 1.77. The van der Waals surface area contributed by atoms with Crippen molar-refractivity contribution < 1.29 is 4.79 Å². The Kier molecular flexibility index (Phi) is 4.90. The number of hydrogen-bond acceptors (Lipinski definition) is 4. The fraction of sp³-hybridized carbons (Fsp3) is 0.500. The summed E-state index contributed by atoms with van der Waals surface area (Å²) in [5, 5.41) is 3.18. The van der Waals surface area contributed by atoms with Crippen molar-refractivity contribution >= 4 is 11.7 Å². The summed E-state index contributed by atoms with van der Waals surface area (Å²) >= 11 is 0. The van der Waals surface area contributed by atoms with E-state index in [2.05, 4.69) is 17.2 Å². The molecule has 1 aromatic rings. The van der Waals surface area contributed by atoms with Gasteiger partial charge in [0.15, 0.2) is 0 Å². The molecule has 5 heteroatoms. The standard InChI is InChI=1S/C12H20N4O/c1-3-4-9(7-13)16-12-10(11(14)17)8(2)5-6-15-12/h5-6,9H,3-4,7,13H2,1-2H3,(H2,14,17)(H,15,16). The van der Waals surface area contributed by atoms with Crippen LogP contribution in [0.4, 0.5) is 5.82 Å². The third-order valence-electron chi connectivity index (χ3n) is 2.67. The van der Waals surface area contributed by atoms with Gasteiger partial charge in [0, 0.05) is 18.8 Å². The average Bonchev–Trinajstić information content (AvgIpc) is 2.28. The van der Waals surface area contributed by atoms with Gasteiger partial charge >= 0.3 is 0 Å². The Bertz CT molecular complexity index is 392. The Morgan fingerprint density at radius 2 is 2.29 bits per heavy atom. The van der Waals surface area contributed by atoms with E-state index in [1.54, 1.807) is 12.3 Å². The minimum absolute atomic E-state index is 0.118. The molecule has 5 nitrogen and oxygen atoms in total. The van der Waals surface area contributed by atoms with Gasteiger partial charge in [0.1, 0.15) is 5.82 Å². The van der Waals surface area contributed by atoms with Gasteiger partial charge in [-0.1, -0.05) is 13.3 Å². The number of hydrogen-bond donors (Lipinski definition) is 3. The first-order valence-corrected chi connectivity index (χ1v) is 5.82. The Morgan fingerprint density at radius 3 is 2.82 bits per heavy atom. The van der Waals surface area contributed by atoms with Crippen molar-refractivity contribution in [2.24, 2.45) is 11.5 Å². The zero-order valence-corrected chi connectivity index (χ0v) is 10.4. The lowest BCUT2D eigenvalue weighted by molar-refractivity contribution is 0.1000. The molecule has 0 fully saturated rings. The maximum atomic E-state index is 11.4. The van der Waals surface area contributed by atoms with Gasteiger partial charge in [-0.05, 0) is 25.0 Å². The molecule has 0 bridgehead atoms. The van der Waals surface area contributed by atoms with Crippen LogP contribution in [0.1, 0.15) is 35.7 Å². The Balaban J connectivity index is 2.97. The molecule has 1 amide bonds. The van der Waals surface area contributed by atoms with Gasteiger partial charge in [-0.3, -0.25) is 4.79 Å². The summed E-state index contributed by atoms with van der Waals surface area (Å²) in [5.74, 6) is 0.0618. The summed E-state index contributed by atoms with van der Waals surface area (Å²) < 4.78 is 0. The minimum Gasteiger partial charge on any atom is -0.365 e. The van der Waals surface area contributed by atoms with Crippen molar-refractivity contribution in [1.29, 1.82) is 0 Å². The Hall–Kier alpha value is -1.62. The van der Waals surface area contributed by atoms with Crippen LogP contribution in [0.25, 0.3) is 0 Å². The van der Waals surface area contributed by atoms with Crippen LogP contribution >= 0.6 is 0 Å². The number of nitrogens with zero attached hydrogens (tertiary/aromatic N) is 1. The van der Waals surface area contributed by atoms with Crippen LogP contribution in [0.2, 0.25) is 0 Å². The number of carbonyl (C=O) groups excluding carboxylic acids is 1. The van der Waals surface area contributed by atoms with E-state index in [1.807, 2.05) is 6.92 Å². The second-order valence-corrected chi connectivity index (χ2v) is 4.08. The molecule has 5 N–H and O–H groups in total. The first-order valence-electron chi connectivity index (χ1n) is 5.82. The number of amides is 1. The van der Waals surface area contributed by atoms with Gasteiger partial charge in [-0.2, -0.15) is 0 Å². The first-order chi connectivity index (χ1) is 8.10. The number of aromatic nitrogens is 1. The zero-order valence-electron chi connectivity index (χ0n) is 10.4. The molecule has 1 unspecified atom stereocenters. The molecular formula is C12H20N4O. The highest BCUT2D eigenvalue weighted by Crippen LogP contribution is 2.17. The van der Waals surface area contributed by atoms with Crippen molar-refractivity contribution in [2.45, 2.75) is 32.7 Å². The lowest BCUT2D eigenvalue weighted by Crippen LogP contribution is -2.30. The number of aryl methyl sites for hydroxylation is 1. The van der Waals surface area contributed by atoms with E-state index < -0.39 is 5.91 Å². The van der Waals surface area contributed by atoms with Crippen molar-refractivity contribution in [1.82, 2.24) is 4.98 Å². The predicted molar refractivity (Wildman–Crippen MR) is 68.9 cm³/mol. The van der Waals surface area contributed by atoms with Crippen LogP contribution in [-0.2, 0) is 0 Å². The summed E-state index contributed by atoms with van der Waals surface area (Å²) in [6, 6.07) is 1.88. The molecule has 94 valence electrons. The van der Waals surface area contributed by atoms with Gasteiger partial charge in [0.05, 0.1) is 5.56 Å². The van der Waals surface area contributed by atoms with Crippen LogP contribution in [0.5, 0.6) is 0 Å². The highest BCUT2D eigenvalue weighted by molar-refractivity contribution is 5.99. The molecule has 0 saturated carbocycles. The summed E-state index contributed by atoms with van der Waals surface area (Å²) in [5.41, 5.74) is 12.3. The fourth-order valence-corrected chi connectivity index (χ4v) is 1.77. The molecule has 1 rings (SSSR count). The van der Waals surface area contributed by atoms with Crippen molar-refractivity contribution in [3.05, 3.63) is 23.4 Å². The van der Waals surface area contributed by atoms with E-state index in [1.165, 1.54) is 0 Å². The van der Waals surface area contributed by atoms with E-state index in [9.17, 15) is 4.79 Å². The van der Waals surface area contributed by atoms with E-state index in [0.29, 0.717) is 17.9 Å². The molecule has 0 aliphatic heterocycles. The molecule has 17 heavy (non-hydrogen) atoms.